The van der Waals surface area contributed by atoms with Crippen molar-refractivity contribution < 1.29 is 0 Å². The van der Waals surface area contributed by atoms with Gasteiger partial charge in [0.15, 0.2) is 5.82 Å². The zero-order valence-electron chi connectivity index (χ0n) is 10.4. The summed E-state index contributed by atoms with van der Waals surface area (Å²) >= 11 is 6.10. The van der Waals surface area contributed by atoms with E-state index in [-0.39, 0.29) is 6.04 Å². The number of hydrogen-bond acceptors (Lipinski definition) is 4. The number of nitrogens with two attached hydrogens (primary N) is 1. The summed E-state index contributed by atoms with van der Waals surface area (Å²) in [6, 6.07) is 5.56. The lowest BCUT2D eigenvalue weighted by Gasteiger charge is -2.08. The molecule has 0 radical (unpaired) electrons. The Balaban J connectivity index is 2.45. The summed E-state index contributed by atoms with van der Waals surface area (Å²) in [7, 11) is 0. The second-order valence-corrected chi connectivity index (χ2v) is 4.75. The van der Waals surface area contributed by atoms with Crippen LogP contribution in [0.3, 0.4) is 0 Å². The molecule has 1 unspecified atom stereocenters. The van der Waals surface area contributed by atoms with Gasteiger partial charge in [-0.25, -0.2) is 9.97 Å². The van der Waals surface area contributed by atoms with E-state index in [4.69, 9.17) is 17.3 Å². The predicted octanol–water partition coefficient (Wildman–Crippen LogP) is 2.39. The lowest BCUT2D eigenvalue weighted by atomic mass is 10.1. The number of aromatic nitrogens is 3. The Hall–Kier alpha value is -1.52. The van der Waals surface area contributed by atoms with Crippen LogP contribution in [0.25, 0.3) is 11.5 Å². The molecule has 0 bridgehead atoms. The lowest BCUT2D eigenvalue weighted by molar-refractivity contribution is 0.719. The van der Waals surface area contributed by atoms with Crippen LogP contribution >= 0.6 is 11.6 Å². The van der Waals surface area contributed by atoms with Gasteiger partial charge in [0.25, 0.3) is 0 Å². The lowest BCUT2D eigenvalue weighted by Crippen LogP contribution is -2.19. The first-order valence-corrected chi connectivity index (χ1v) is 6.15. The van der Waals surface area contributed by atoms with E-state index in [2.05, 4.69) is 15.0 Å². The molecule has 4 nitrogen and oxygen atoms in total. The Morgan fingerprint density at radius 1 is 1.39 bits per heavy atom. The third kappa shape index (κ3) is 3.03. The first-order chi connectivity index (χ1) is 8.56. The van der Waals surface area contributed by atoms with Crippen molar-refractivity contribution in [2.45, 2.75) is 26.3 Å². The summed E-state index contributed by atoms with van der Waals surface area (Å²) in [6.07, 6.45) is 2.39. The number of aryl methyl sites for hydroxylation is 1. The van der Waals surface area contributed by atoms with E-state index in [9.17, 15) is 0 Å². The van der Waals surface area contributed by atoms with Gasteiger partial charge < -0.3 is 5.73 Å². The van der Waals surface area contributed by atoms with Gasteiger partial charge in [0.1, 0.15) is 5.69 Å². The molecule has 0 amide bonds. The van der Waals surface area contributed by atoms with Crippen molar-refractivity contribution in [1.82, 2.24) is 15.0 Å². The van der Waals surface area contributed by atoms with Crippen LogP contribution in [-0.4, -0.2) is 21.0 Å². The number of nitrogens with zero attached hydrogens (tertiary/aromatic N) is 3. The summed E-state index contributed by atoms with van der Waals surface area (Å²) < 4.78 is 0. The van der Waals surface area contributed by atoms with Gasteiger partial charge in [-0.2, -0.15) is 0 Å². The summed E-state index contributed by atoms with van der Waals surface area (Å²) in [5, 5.41) is 0.551. The van der Waals surface area contributed by atoms with Crippen molar-refractivity contribution in [3.8, 4) is 11.5 Å². The standard InChI is InChI=1S/C13H15ClN4/c1-8(15)6-10-7-9(2)17-13(18-10)12-11(14)4-3-5-16-12/h3-5,7-8H,6,15H2,1-2H3. The van der Waals surface area contributed by atoms with Crippen molar-refractivity contribution >= 4 is 11.6 Å². The van der Waals surface area contributed by atoms with Crippen LogP contribution in [0.4, 0.5) is 0 Å². The maximum Gasteiger partial charge on any atom is 0.180 e. The van der Waals surface area contributed by atoms with Gasteiger partial charge in [-0.05, 0) is 32.0 Å². The highest BCUT2D eigenvalue weighted by Crippen LogP contribution is 2.22. The van der Waals surface area contributed by atoms with E-state index in [1.165, 1.54) is 0 Å². The van der Waals surface area contributed by atoms with Gasteiger partial charge in [0, 0.05) is 30.0 Å². The highest BCUT2D eigenvalue weighted by molar-refractivity contribution is 6.32. The van der Waals surface area contributed by atoms with Crippen molar-refractivity contribution in [2.75, 3.05) is 0 Å². The van der Waals surface area contributed by atoms with Crippen molar-refractivity contribution in [3.05, 3.63) is 40.8 Å². The third-order valence-electron chi connectivity index (χ3n) is 2.41. The normalized spacial score (nSPS) is 12.4. The fourth-order valence-electron chi connectivity index (χ4n) is 1.72. The first kappa shape index (κ1) is 12.9. The number of hydrogen-bond donors (Lipinski definition) is 1. The van der Waals surface area contributed by atoms with E-state index < -0.39 is 0 Å². The minimum Gasteiger partial charge on any atom is -0.328 e. The Kier molecular flexibility index (Phi) is 3.89. The Morgan fingerprint density at radius 3 is 2.83 bits per heavy atom. The van der Waals surface area contributed by atoms with Gasteiger partial charge in [-0.3, -0.25) is 4.98 Å². The number of halogens is 1. The largest absolute Gasteiger partial charge is 0.328 e. The predicted molar refractivity (Wildman–Crippen MR) is 72.4 cm³/mol. The summed E-state index contributed by atoms with van der Waals surface area (Å²) in [5.41, 5.74) is 8.19. The van der Waals surface area contributed by atoms with Gasteiger partial charge in [-0.1, -0.05) is 11.6 Å². The van der Waals surface area contributed by atoms with Gasteiger partial charge in [0.2, 0.25) is 0 Å². The molecule has 0 aliphatic rings. The number of pyridine rings is 1. The van der Waals surface area contributed by atoms with Crippen LogP contribution in [-0.2, 0) is 6.42 Å². The average molecular weight is 263 g/mol. The average Bonchev–Trinajstić information content (AvgIpc) is 2.27. The molecule has 0 aliphatic heterocycles. The SMILES string of the molecule is Cc1cc(CC(C)N)nc(-c2ncccc2Cl)n1. The Labute approximate surface area is 111 Å². The maximum atomic E-state index is 6.10. The molecule has 0 aromatic carbocycles. The molecule has 2 N–H and O–H groups in total. The second kappa shape index (κ2) is 5.42. The van der Waals surface area contributed by atoms with Crippen LogP contribution in [0.5, 0.6) is 0 Å². The molecule has 5 heteroatoms. The second-order valence-electron chi connectivity index (χ2n) is 4.34. The molecule has 94 valence electrons. The fraction of sp³-hybridized carbons (Fsp3) is 0.308. The molecule has 2 rings (SSSR count). The molecule has 1 atom stereocenters. The van der Waals surface area contributed by atoms with Crippen molar-refractivity contribution in [1.29, 1.82) is 0 Å². The van der Waals surface area contributed by atoms with Crippen molar-refractivity contribution in [3.63, 3.8) is 0 Å². The molecule has 0 aliphatic carbocycles. The topological polar surface area (TPSA) is 64.7 Å². The summed E-state index contributed by atoms with van der Waals surface area (Å²) in [5.74, 6) is 0.552. The van der Waals surface area contributed by atoms with Gasteiger partial charge >= 0.3 is 0 Å². The van der Waals surface area contributed by atoms with E-state index in [0.29, 0.717) is 23.0 Å². The molecule has 0 fully saturated rings. The van der Waals surface area contributed by atoms with E-state index in [1.54, 1.807) is 18.3 Å². The molecule has 2 heterocycles. The van der Waals surface area contributed by atoms with Gasteiger partial charge in [0.05, 0.1) is 5.02 Å². The molecular weight excluding hydrogens is 248 g/mol. The maximum absolute atomic E-state index is 6.10. The van der Waals surface area contributed by atoms with E-state index in [0.717, 1.165) is 11.4 Å². The Morgan fingerprint density at radius 2 is 2.17 bits per heavy atom. The van der Waals surface area contributed by atoms with E-state index in [1.807, 2.05) is 19.9 Å². The van der Waals surface area contributed by atoms with Crippen LogP contribution < -0.4 is 5.73 Å². The summed E-state index contributed by atoms with van der Waals surface area (Å²) in [6.45, 7) is 3.87. The van der Waals surface area contributed by atoms with Crippen LogP contribution in [0, 0.1) is 6.92 Å². The first-order valence-electron chi connectivity index (χ1n) is 5.77. The molecule has 0 saturated heterocycles. The highest BCUT2D eigenvalue weighted by Gasteiger charge is 2.10. The minimum atomic E-state index is 0.0614. The molecular formula is C13H15ClN4. The molecule has 0 saturated carbocycles. The zero-order chi connectivity index (χ0) is 13.1. The minimum absolute atomic E-state index is 0.0614. The zero-order valence-corrected chi connectivity index (χ0v) is 11.1. The fourth-order valence-corrected chi connectivity index (χ4v) is 1.93. The van der Waals surface area contributed by atoms with E-state index >= 15 is 0 Å². The monoisotopic (exact) mass is 262 g/mol. The smallest absolute Gasteiger partial charge is 0.180 e. The highest BCUT2D eigenvalue weighted by atomic mass is 35.5. The van der Waals surface area contributed by atoms with Crippen LogP contribution in [0.2, 0.25) is 5.02 Å². The quantitative estimate of drug-likeness (QED) is 0.922. The van der Waals surface area contributed by atoms with Crippen LogP contribution in [0.1, 0.15) is 18.3 Å². The molecule has 18 heavy (non-hydrogen) atoms. The van der Waals surface area contributed by atoms with Crippen LogP contribution in [0.15, 0.2) is 24.4 Å². The van der Waals surface area contributed by atoms with Gasteiger partial charge in [-0.15, -0.1) is 0 Å². The van der Waals surface area contributed by atoms with Crippen molar-refractivity contribution in [2.24, 2.45) is 5.73 Å². The molecule has 2 aromatic heterocycles. The molecule has 2 aromatic rings. The summed E-state index contributed by atoms with van der Waals surface area (Å²) in [4.78, 5) is 13.1. The third-order valence-corrected chi connectivity index (χ3v) is 2.71. The number of rotatable bonds is 3. The molecule has 0 spiro atoms. The Bertz CT molecular complexity index is 554.